The topological polar surface area (TPSA) is 88.5 Å². The van der Waals surface area contributed by atoms with E-state index in [4.69, 9.17) is 8.83 Å². The first-order chi connectivity index (χ1) is 11.1. The third-order valence-electron chi connectivity index (χ3n) is 3.51. The molecule has 0 spiro atoms. The third kappa shape index (κ3) is 3.32. The van der Waals surface area contributed by atoms with Crippen molar-refractivity contribution in [3.63, 3.8) is 0 Å². The van der Waals surface area contributed by atoms with Gasteiger partial charge in [-0.15, -0.1) is 0 Å². The Bertz CT molecular complexity index is 760. The van der Waals surface area contributed by atoms with Crippen molar-refractivity contribution in [3.8, 4) is 11.3 Å². The number of benzene rings is 1. The molecule has 0 fully saturated rings. The number of aromatic nitrogens is 1. The summed E-state index contributed by atoms with van der Waals surface area (Å²) in [5, 5.41) is 13.0. The fraction of sp³-hybridized carbons (Fsp3) is 0.176. The Morgan fingerprint density at radius 3 is 2.65 bits per heavy atom. The molecule has 0 saturated heterocycles. The fourth-order valence-corrected chi connectivity index (χ4v) is 2.17. The molecule has 6 nitrogen and oxygen atoms in total. The van der Waals surface area contributed by atoms with Gasteiger partial charge in [-0.2, -0.15) is 0 Å². The molecule has 2 aromatic heterocycles. The first kappa shape index (κ1) is 15.1. The first-order valence-corrected chi connectivity index (χ1v) is 7.10. The van der Waals surface area contributed by atoms with Crippen LogP contribution in [0.2, 0.25) is 0 Å². The van der Waals surface area contributed by atoms with E-state index in [2.05, 4.69) is 10.3 Å². The molecule has 0 radical (unpaired) electrons. The molecule has 0 aliphatic heterocycles. The molecule has 1 amide bonds. The lowest BCUT2D eigenvalue weighted by Gasteiger charge is -2.21. The number of hydrogen-bond acceptors (Lipinski definition) is 5. The standard InChI is InChI=1S/C17H16N2O4/c1-17(21,15-3-2-8-22-15)10-19-16(20)13-6-4-12(5-7-13)14-9-18-11-23-14/h2-9,11,21H,10H2,1H3,(H,19,20). The molecule has 0 aliphatic rings. The van der Waals surface area contributed by atoms with Gasteiger partial charge < -0.3 is 19.3 Å². The monoisotopic (exact) mass is 312 g/mol. The maximum Gasteiger partial charge on any atom is 0.251 e. The van der Waals surface area contributed by atoms with E-state index in [0.29, 0.717) is 17.1 Å². The number of carbonyl (C=O) groups is 1. The zero-order chi connectivity index (χ0) is 16.3. The minimum absolute atomic E-state index is 0.0448. The Balaban J connectivity index is 1.64. The normalized spacial score (nSPS) is 13.5. The third-order valence-corrected chi connectivity index (χ3v) is 3.51. The number of nitrogens with zero attached hydrogens (tertiary/aromatic N) is 1. The molecular weight excluding hydrogens is 296 g/mol. The summed E-state index contributed by atoms with van der Waals surface area (Å²) in [6.45, 7) is 1.63. The number of aliphatic hydroxyl groups is 1. The highest BCUT2D eigenvalue weighted by atomic mass is 16.4. The van der Waals surface area contributed by atoms with E-state index in [9.17, 15) is 9.90 Å². The number of nitrogens with one attached hydrogen (secondary N) is 1. The molecule has 0 aliphatic carbocycles. The molecule has 3 rings (SSSR count). The molecule has 2 N–H and O–H groups in total. The van der Waals surface area contributed by atoms with Crippen LogP contribution in [0, 0.1) is 0 Å². The number of rotatable bonds is 5. The van der Waals surface area contributed by atoms with E-state index in [1.807, 2.05) is 0 Å². The lowest BCUT2D eigenvalue weighted by Crippen LogP contribution is -2.38. The molecule has 118 valence electrons. The van der Waals surface area contributed by atoms with Crippen molar-refractivity contribution in [1.29, 1.82) is 0 Å². The van der Waals surface area contributed by atoms with Gasteiger partial charge in [-0.25, -0.2) is 4.98 Å². The number of carbonyl (C=O) groups excluding carboxylic acids is 1. The summed E-state index contributed by atoms with van der Waals surface area (Å²) in [6.07, 6.45) is 4.44. The second-order valence-electron chi connectivity index (χ2n) is 5.38. The fourth-order valence-electron chi connectivity index (χ4n) is 2.17. The van der Waals surface area contributed by atoms with Gasteiger partial charge in [-0.05, 0) is 31.2 Å². The van der Waals surface area contributed by atoms with Gasteiger partial charge >= 0.3 is 0 Å². The molecular formula is C17H16N2O4. The molecule has 1 unspecified atom stereocenters. The molecule has 2 heterocycles. The van der Waals surface area contributed by atoms with E-state index in [1.165, 1.54) is 12.7 Å². The second kappa shape index (κ2) is 6.10. The lowest BCUT2D eigenvalue weighted by molar-refractivity contribution is 0.0330. The van der Waals surface area contributed by atoms with Gasteiger partial charge in [-0.3, -0.25) is 4.79 Å². The molecule has 23 heavy (non-hydrogen) atoms. The Labute approximate surface area is 132 Å². The summed E-state index contributed by atoms with van der Waals surface area (Å²) in [5.74, 6) is 0.761. The Hall–Kier alpha value is -2.86. The van der Waals surface area contributed by atoms with Crippen LogP contribution in [0.3, 0.4) is 0 Å². The largest absolute Gasteiger partial charge is 0.466 e. The van der Waals surface area contributed by atoms with Crippen LogP contribution in [-0.2, 0) is 5.60 Å². The van der Waals surface area contributed by atoms with E-state index in [1.54, 1.807) is 49.5 Å². The van der Waals surface area contributed by atoms with E-state index >= 15 is 0 Å². The van der Waals surface area contributed by atoms with Crippen LogP contribution in [0.5, 0.6) is 0 Å². The van der Waals surface area contributed by atoms with Crippen molar-refractivity contribution >= 4 is 5.91 Å². The van der Waals surface area contributed by atoms with Crippen molar-refractivity contribution in [2.24, 2.45) is 0 Å². The van der Waals surface area contributed by atoms with Crippen molar-refractivity contribution in [1.82, 2.24) is 10.3 Å². The number of amides is 1. The summed E-state index contributed by atoms with van der Waals surface area (Å²) in [4.78, 5) is 16.0. The zero-order valence-corrected chi connectivity index (χ0v) is 12.5. The predicted octanol–water partition coefficient (Wildman–Crippen LogP) is 2.57. The highest BCUT2D eigenvalue weighted by molar-refractivity contribution is 5.94. The van der Waals surface area contributed by atoms with Crippen molar-refractivity contribution in [3.05, 3.63) is 66.6 Å². The van der Waals surface area contributed by atoms with Crippen LogP contribution in [0.4, 0.5) is 0 Å². The Morgan fingerprint density at radius 1 is 1.26 bits per heavy atom. The van der Waals surface area contributed by atoms with Crippen LogP contribution < -0.4 is 5.32 Å². The Kier molecular flexibility index (Phi) is 3.99. The van der Waals surface area contributed by atoms with Crippen LogP contribution in [0.1, 0.15) is 23.0 Å². The first-order valence-electron chi connectivity index (χ1n) is 7.10. The maximum atomic E-state index is 12.2. The zero-order valence-electron chi connectivity index (χ0n) is 12.5. The van der Waals surface area contributed by atoms with Crippen molar-refractivity contribution in [2.75, 3.05) is 6.54 Å². The quantitative estimate of drug-likeness (QED) is 0.756. The van der Waals surface area contributed by atoms with Crippen molar-refractivity contribution < 1.29 is 18.7 Å². The summed E-state index contributed by atoms with van der Waals surface area (Å²) >= 11 is 0. The molecule has 1 atom stereocenters. The minimum atomic E-state index is -1.26. The maximum absolute atomic E-state index is 12.2. The molecule has 3 aromatic rings. The van der Waals surface area contributed by atoms with E-state index in [0.717, 1.165) is 5.56 Å². The molecule has 6 heteroatoms. The highest BCUT2D eigenvalue weighted by Crippen LogP contribution is 2.21. The van der Waals surface area contributed by atoms with Crippen LogP contribution in [0.15, 0.2) is 64.1 Å². The average Bonchev–Trinajstić information content (AvgIpc) is 3.26. The summed E-state index contributed by atoms with van der Waals surface area (Å²) in [5.41, 5.74) is 0.0593. The SMILES string of the molecule is CC(O)(CNC(=O)c1ccc(-c2cnco2)cc1)c1ccco1. The molecule has 0 saturated carbocycles. The van der Waals surface area contributed by atoms with E-state index in [-0.39, 0.29) is 12.5 Å². The summed E-state index contributed by atoms with van der Waals surface area (Å²) in [7, 11) is 0. The summed E-state index contributed by atoms with van der Waals surface area (Å²) in [6, 6.07) is 10.3. The number of furan rings is 1. The van der Waals surface area contributed by atoms with Crippen LogP contribution >= 0.6 is 0 Å². The number of oxazole rings is 1. The summed E-state index contributed by atoms with van der Waals surface area (Å²) < 4.78 is 10.4. The average molecular weight is 312 g/mol. The van der Waals surface area contributed by atoms with Gasteiger partial charge in [0, 0.05) is 11.1 Å². The second-order valence-corrected chi connectivity index (χ2v) is 5.38. The van der Waals surface area contributed by atoms with Crippen LogP contribution in [0.25, 0.3) is 11.3 Å². The van der Waals surface area contributed by atoms with Gasteiger partial charge in [0.25, 0.3) is 5.91 Å². The van der Waals surface area contributed by atoms with Crippen molar-refractivity contribution in [2.45, 2.75) is 12.5 Å². The molecule has 1 aromatic carbocycles. The number of hydrogen-bond donors (Lipinski definition) is 2. The highest BCUT2D eigenvalue weighted by Gasteiger charge is 2.26. The van der Waals surface area contributed by atoms with Gasteiger partial charge in [0.05, 0.1) is 19.0 Å². The van der Waals surface area contributed by atoms with Gasteiger partial charge in [0.15, 0.2) is 12.2 Å². The minimum Gasteiger partial charge on any atom is -0.466 e. The Morgan fingerprint density at radius 2 is 2.04 bits per heavy atom. The molecule has 0 bridgehead atoms. The van der Waals surface area contributed by atoms with Gasteiger partial charge in [0.2, 0.25) is 0 Å². The van der Waals surface area contributed by atoms with Gasteiger partial charge in [-0.1, -0.05) is 12.1 Å². The smallest absolute Gasteiger partial charge is 0.251 e. The van der Waals surface area contributed by atoms with Gasteiger partial charge in [0.1, 0.15) is 11.4 Å². The predicted molar refractivity (Wildman–Crippen MR) is 82.6 cm³/mol. The lowest BCUT2D eigenvalue weighted by atomic mass is 10.0. The van der Waals surface area contributed by atoms with E-state index < -0.39 is 5.60 Å². The van der Waals surface area contributed by atoms with Crippen LogP contribution in [-0.4, -0.2) is 22.5 Å².